The van der Waals surface area contributed by atoms with Crippen molar-refractivity contribution in [3.05, 3.63) is 66.7 Å². The van der Waals surface area contributed by atoms with Crippen molar-refractivity contribution in [2.75, 3.05) is 10.7 Å². The Morgan fingerprint density at radius 1 is 1.19 bits per heavy atom. The summed E-state index contributed by atoms with van der Waals surface area (Å²) >= 11 is 1.37. The van der Waals surface area contributed by atoms with E-state index in [-0.39, 0.29) is 11.8 Å². The monoisotopic (exact) mass is 448 g/mol. The van der Waals surface area contributed by atoms with Gasteiger partial charge in [0.25, 0.3) is 0 Å². The first-order valence-electron chi connectivity index (χ1n) is 9.80. The molecule has 1 aliphatic heterocycles. The molecule has 0 radical (unpaired) electrons. The Hall–Kier alpha value is -3.72. The first-order chi connectivity index (χ1) is 15.5. The maximum Gasteiger partial charge on any atom is 0.308 e. The van der Waals surface area contributed by atoms with Crippen molar-refractivity contribution in [3.8, 4) is 22.9 Å². The van der Waals surface area contributed by atoms with Crippen molar-refractivity contribution < 1.29 is 19.1 Å². The van der Waals surface area contributed by atoms with Gasteiger partial charge in [-0.15, -0.1) is 16.8 Å². The lowest BCUT2D eigenvalue weighted by atomic mass is 10.1. The highest BCUT2D eigenvalue weighted by Gasteiger charge is 2.34. The second-order valence-electron chi connectivity index (χ2n) is 6.89. The molecule has 0 bridgehead atoms. The normalized spacial score (nSPS) is 14.4. The van der Waals surface area contributed by atoms with Gasteiger partial charge < -0.3 is 9.47 Å². The zero-order valence-corrected chi connectivity index (χ0v) is 18.3. The quantitative estimate of drug-likeness (QED) is 0.248. The molecule has 0 saturated carbocycles. The molecule has 0 spiro atoms. The van der Waals surface area contributed by atoms with Gasteiger partial charge in [0.05, 0.1) is 5.69 Å². The second kappa shape index (κ2) is 9.19. The molecule has 162 valence electrons. The zero-order chi connectivity index (χ0) is 22.7. The number of carbonyl (C=O) groups is 2. The largest absolute Gasteiger partial charge is 0.447 e. The molecule has 2 heterocycles. The van der Waals surface area contributed by atoms with Gasteiger partial charge in [-0.2, -0.15) is 4.98 Å². The average Bonchev–Trinajstić information content (AvgIpc) is 2.91. The molecule has 1 aromatic heterocycles. The standard InChI is InChI=1S/C23H20N4O4S/c1-4-12-32-23-24-21-20(25-26-23)18-10-5-6-11-19(18)27(14(2)28)22(31-21)16-8-7-9-17(13-16)30-15(3)29/h4-11,13,22H,1,12H2,2-3H3/t22-/m1/s1. The number of fused-ring (bicyclic) bond motifs is 3. The van der Waals surface area contributed by atoms with Crippen LogP contribution < -0.4 is 14.4 Å². The van der Waals surface area contributed by atoms with Crippen LogP contribution in [0.4, 0.5) is 5.69 Å². The zero-order valence-electron chi connectivity index (χ0n) is 17.5. The van der Waals surface area contributed by atoms with Gasteiger partial charge in [-0.05, 0) is 18.2 Å². The minimum Gasteiger partial charge on any atom is -0.447 e. The fraction of sp³-hybridized carbons (Fsp3) is 0.174. The molecule has 1 aliphatic rings. The summed E-state index contributed by atoms with van der Waals surface area (Å²) < 4.78 is 11.5. The van der Waals surface area contributed by atoms with E-state index in [0.717, 1.165) is 0 Å². The number of esters is 1. The fourth-order valence-corrected chi connectivity index (χ4v) is 3.87. The summed E-state index contributed by atoms with van der Waals surface area (Å²) in [6, 6.07) is 14.2. The molecule has 9 heteroatoms. The van der Waals surface area contributed by atoms with Crippen LogP contribution in [0.15, 0.2) is 66.3 Å². The summed E-state index contributed by atoms with van der Waals surface area (Å²) in [6.07, 6.45) is 0.885. The lowest BCUT2D eigenvalue weighted by molar-refractivity contribution is -0.131. The minimum absolute atomic E-state index is 0.234. The number of nitrogens with zero attached hydrogens (tertiary/aromatic N) is 4. The maximum absolute atomic E-state index is 12.8. The predicted octanol–water partition coefficient (Wildman–Crippen LogP) is 4.19. The minimum atomic E-state index is -0.862. The number of thioether (sulfide) groups is 1. The molecule has 32 heavy (non-hydrogen) atoms. The molecule has 3 aromatic rings. The Balaban J connectivity index is 1.88. The van der Waals surface area contributed by atoms with E-state index in [2.05, 4.69) is 21.8 Å². The van der Waals surface area contributed by atoms with Gasteiger partial charge in [-0.25, -0.2) is 0 Å². The third kappa shape index (κ3) is 4.33. The number of benzene rings is 2. The number of hydrogen-bond donors (Lipinski definition) is 0. The van der Waals surface area contributed by atoms with Crippen molar-refractivity contribution in [2.24, 2.45) is 0 Å². The van der Waals surface area contributed by atoms with E-state index in [1.165, 1.54) is 30.5 Å². The Kier molecular flexibility index (Phi) is 6.18. The van der Waals surface area contributed by atoms with Crippen LogP contribution >= 0.6 is 11.8 Å². The van der Waals surface area contributed by atoms with E-state index >= 15 is 0 Å². The van der Waals surface area contributed by atoms with Crippen LogP contribution in [0.5, 0.6) is 11.6 Å². The smallest absolute Gasteiger partial charge is 0.308 e. The summed E-state index contributed by atoms with van der Waals surface area (Å²) in [7, 11) is 0. The highest BCUT2D eigenvalue weighted by atomic mass is 32.2. The lowest BCUT2D eigenvalue weighted by Gasteiger charge is -2.30. The summed E-state index contributed by atoms with van der Waals surface area (Å²) in [5, 5.41) is 8.99. The topological polar surface area (TPSA) is 94.5 Å². The molecule has 0 saturated heterocycles. The fourth-order valence-electron chi connectivity index (χ4n) is 3.36. The van der Waals surface area contributed by atoms with E-state index in [4.69, 9.17) is 9.47 Å². The number of amides is 1. The van der Waals surface area contributed by atoms with Crippen LogP contribution in [0.3, 0.4) is 0 Å². The lowest BCUT2D eigenvalue weighted by Crippen LogP contribution is -2.36. The van der Waals surface area contributed by atoms with Gasteiger partial charge >= 0.3 is 5.97 Å². The Morgan fingerprint density at radius 2 is 2.00 bits per heavy atom. The predicted molar refractivity (Wildman–Crippen MR) is 120 cm³/mol. The molecule has 1 amide bonds. The molecule has 8 nitrogen and oxygen atoms in total. The van der Waals surface area contributed by atoms with Gasteiger partial charge in [0, 0.05) is 30.7 Å². The molecule has 0 aliphatic carbocycles. The molecular formula is C23H20N4O4S. The second-order valence-corrected chi connectivity index (χ2v) is 7.88. The third-order valence-corrected chi connectivity index (χ3v) is 5.42. The van der Waals surface area contributed by atoms with E-state index in [9.17, 15) is 9.59 Å². The van der Waals surface area contributed by atoms with Crippen LogP contribution in [0.1, 0.15) is 25.6 Å². The van der Waals surface area contributed by atoms with Crippen LogP contribution in [0, 0.1) is 0 Å². The van der Waals surface area contributed by atoms with Gasteiger partial charge in [-0.1, -0.05) is 48.2 Å². The number of anilines is 1. The van der Waals surface area contributed by atoms with Crippen molar-refractivity contribution in [1.82, 2.24) is 15.2 Å². The maximum atomic E-state index is 12.8. The molecule has 4 rings (SSSR count). The molecule has 0 fully saturated rings. The van der Waals surface area contributed by atoms with Crippen molar-refractivity contribution in [3.63, 3.8) is 0 Å². The van der Waals surface area contributed by atoms with E-state index in [1.54, 1.807) is 30.3 Å². The highest BCUT2D eigenvalue weighted by Crippen LogP contribution is 2.43. The van der Waals surface area contributed by atoms with Crippen LogP contribution in [0.2, 0.25) is 0 Å². The molecule has 2 aromatic carbocycles. The van der Waals surface area contributed by atoms with Gasteiger partial charge in [-0.3, -0.25) is 14.5 Å². The summed E-state index contributed by atoms with van der Waals surface area (Å²) in [6.45, 7) is 6.50. The van der Waals surface area contributed by atoms with Crippen molar-refractivity contribution >= 4 is 29.3 Å². The average molecular weight is 449 g/mol. The Labute approximate surface area is 189 Å². The number of carbonyl (C=O) groups excluding carboxylic acids is 2. The Bertz CT molecular complexity index is 1200. The first-order valence-corrected chi connectivity index (χ1v) is 10.8. The number of ether oxygens (including phenoxy) is 2. The van der Waals surface area contributed by atoms with Gasteiger partial charge in [0.15, 0.2) is 5.69 Å². The summed E-state index contributed by atoms with van der Waals surface area (Å²) in [4.78, 5) is 30.3. The van der Waals surface area contributed by atoms with Crippen molar-refractivity contribution in [1.29, 1.82) is 0 Å². The number of aromatic nitrogens is 3. The van der Waals surface area contributed by atoms with Crippen LogP contribution in [-0.2, 0) is 9.59 Å². The van der Waals surface area contributed by atoms with E-state index in [0.29, 0.717) is 39.2 Å². The number of rotatable bonds is 5. The van der Waals surface area contributed by atoms with Crippen LogP contribution in [-0.4, -0.2) is 32.8 Å². The Morgan fingerprint density at radius 3 is 2.75 bits per heavy atom. The van der Waals surface area contributed by atoms with Gasteiger partial charge in [0.1, 0.15) is 5.75 Å². The SMILES string of the molecule is C=CCSc1nnc2c(n1)O[C@H](c1cccc(OC(C)=O)c1)N(C(C)=O)c1ccccc1-2. The molecular weight excluding hydrogens is 428 g/mol. The molecule has 1 atom stereocenters. The molecule has 0 N–H and O–H groups in total. The van der Waals surface area contributed by atoms with Crippen LogP contribution in [0.25, 0.3) is 11.3 Å². The summed E-state index contributed by atoms with van der Waals surface area (Å²) in [5.74, 6) is 0.546. The third-order valence-electron chi connectivity index (χ3n) is 4.59. The number of hydrogen-bond acceptors (Lipinski definition) is 8. The van der Waals surface area contributed by atoms with E-state index in [1.807, 2.05) is 24.3 Å². The first kappa shape index (κ1) is 21.5. The van der Waals surface area contributed by atoms with Crippen molar-refractivity contribution in [2.45, 2.75) is 25.2 Å². The van der Waals surface area contributed by atoms with Gasteiger partial charge in [0.2, 0.25) is 23.2 Å². The summed E-state index contributed by atoms with van der Waals surface area (Å²) in [5.41, 5.74) is 2.34. The number of para-hydroxylation sites is 1. The molecule has 0 unspecified atom stereocenters. The highest BCUT2D eigenvalue weighted by molar-refractivity contribution is 7.99. The van der Waals surface area contributed by atoms with E-state index < -0.39 is 12.2 Å².